The molecule has 1 aromatic carbocycles. The van der Waals surface area contributed by atoms with Gasteiger partial charge < -0.3 is 0 Å². The molecule has 1 aliphatic carbocycles. The monoisotopic (exact) mass is 458 g/mol. The van der Waals surface area contributed by atoms with Crippen LogP contribution < -0.4 is 5.43 Å². The minimum absolute atomic E-state index is 0.0977. The molecule has 2 aliphatic heterocycles. The van der Waals surface area contributed by atoms with Crippen molar-refractivity contribution in [2.75, 3.05) is 14.1 Å². The normalized spacial score (nSPS) is 27.2. The van der Waals surface area contributed by atoms with E-state index in [-0.39, 0.29) is 23.4 Å². The predicted octanol–water partition coefficient (Wildman–Crippen LogP) is 3.90. The molecule has 1 saturated carbocycles. The highest BCUT2D eigenvalue weighted by Crippen LogP contribution is 2.38. The van der Waals surface area contributed by atoms with Gasteiger partial charge in [0.1, 0.15) is 17.8 Å². The fourth-order valence-electron chi connectivity index (χ4n) is 4.80. The Bertz CT molecular complexity index is 1040. The van der Waals surface area contributed by atoms with E-state index in [2.05, 4.69) is 21.5 Å². The van der Waals surface area contributed by atoms with Crippen molar-refractivity contribution in [3.8, 4) is 6.07 Å². The Morgan fingerprint density at radius 2 is 1.94 bits per heavy atom. The molecule has 0 bridgehead atoms. The number of nitrogens with zero attached hydrogens (tertiary/aromatic N) is 5. The van der Waals surface area contributed by atoms with E-state index in [1.54, 1.807) is 6.08 Å². The lowest BCUT2D eigenvalue weighted by Gasteiger charge is -2.36. The number of amidine groups is 1. The lowest BCUT2D eigenvalue weighted by atomic mass is 9.84. The second-order valence-electron chi connectivity index (χ2n) is 8.71. The van der Waals surface area contributed by atoms with E-state index < -0.39 is 18.1 Å². The summed E-state index contributed by atoms with van der Waals surface area (Å²) in [4.78, 5) is 22.1. The lowest BCUT2D eigenvalue weighted by molar-refractivity contribution is -0.179. The summed E-state index contributed by atoms with van der Waals surface area (Å²) in [5.41, 5.74) is 4.43. The van der Waals surface area contributed by atoms with Crippen LogP contribution in [0, 0.1) is 23.2 Å². The van der Waals surface area contributed by atoms with Crippen molar-refractivity contribution >= 4 is 23.6 Å². The molecule has 4 rings (SSSR count). The number of halogens is 3. The summed E-state index contributed by atoms with van der Waals surface area (Å²) >= 11 is 0. The molecule has 3 aliphatic rings. The van der Waals surface area contributed by atoms with E-state index in [9.17, 15) is 23.2 Å². The Morgan fingerprint density at radius 1 is 1.24 bits per heavy atom. The Balaban J connectivity index is 1.64. The molecule has 2 heterocycles. The van der Waals surface area contributed by atoms with Gasteiger partial charge in [0.25, 0.3) is 5.91 Å². The van der Waals surface area contributed by atoms with Crippen molar-refractivity contribution in [2.24, 2.45) is 21.8 Å². The predicted molar refractivity (Wildman–Crippen MR) is 117 cm³/mol. The summed E-state index contributed by atoms with van der Waals surface area (Å²) in [7, 11) is 2.76. The number of dihydropyridines is 1. The van der Waals surface area contributed by atoms with Gasteiger partial charge in [0.05, 0.1) is 29.4 Å². The van der Waals surface area contributed by atoms with Crippen LogP contribution in [0.3, 0.4) is 0 Å². The van der Waals surface area contributed by atoms with Crippen LogP contribution in [-0.2, 0) is 4.79 Å². The molecule has 174 valence electrons. The third kappa shape index (κ3) is 4.50. The third-order valence-electron chi connectivity index (χ3n) is 6.29. The van der Waals surface area contributed by atoms with Crippen molar-refractivity contribution in [1.29, 1.82) is 5.26 Å². The van der Waals surface area contributed by atoms with Crippen LogP contribution >= 0.6 is 0 Å². The van der Waals surface area contributed by atoms with E-state index >= 15 is 0 Å². The molecule has 1 N–H and O–H groups in total. The first-order valence-corrected chi connectivity index (χ1v) is 10.9. The number of allylic oxidation sites excluding steroid dienone is 1. The highest BCUT2D eigenvalue weighted by molar-refractivity contribution is 6.12. The van der Waals surface area contributed by atoms with Gasteiger partial charge in [0.15, 0.2) is 0 Å². The molecule has 33 heavy (non-hydrogen) atoms. The molecule has 1 saturated heterocycles. The van der Waals surface area contributed by atoms with Crippen molar-refractivity contribution in [3.05, 3.63) is 41.6 Å². The van der Waals surface area contributed by atoms with Gasteiger partial charge >= 0.3 is 6.18 Å². The molecule has 2 fully saturated rings. The number of aliphatic imine (C=N–C) groups is 2. The van der Waals surface area contributed by atoms with Crippen molar-refractivity contribution in [3.63, 3.8) is 0 Å². The van der Waals surface area contributed by atoms with Crippen LogP contribution in [0.1, 0.15) is 37.3 Å². The van der Waals surface area contributed by atoms with Gasteiger partial charge in [-0.25, -0.2) is 9.98 Å². The van der Waals surface area contributed by atoms with Crippen LogP contribution in [0.5, 0.6) is 0 Å². The smallest absolute Gasteiger partial charge is 0.295 e. The molecule has 10 heteroatoms. The van der Waals surface area contributed by atoms with Gasteiger partial charge in [-0.15, -0.1) is 0 Å². The number of nitrogens with one attached hydrogen (secondary N) is 1. The minimum Gasteiger partial charge on any atom is -0.295 e. The molecule has 0 aromatic heterocycles. The fraction of sp³-hybridized carbons (Fsp3) is 0.478. The number of alkyl halides is 3. The molecule has 0 radical (unpaired) electrons. The van der Waals surface area contributed by atoms with Crippen LogP contribution in [0.15, 0.2) is 46.0 Å². The molecular formula is C23H25F3N6O. The van der Waals surface area contributed by atoms with E-state index in [0.29, 0.717) is 17.2 Å². The largest absolute Gasteiger partial charge is 0.408 e. The van der Waals surface area contributed by atoms with Crippen LogP contribution in [-0.4, -0.2) is 54.2 Å². The molecular weight excluding hydrogens is 433 g/mol. The molecule has 0 spiro atoms. The fourth-order valence-corrected chi connectivity index (χ4v) is 4.80. The number of carbonyl (C=O) groups is 1. The zero-order valence-corrected chi connectivity index (χ0v) is 18.4. The summed E-state index contributed by atoms with van der Waals surface area (Å²) in [6.07, 6.45) is 2.37. The average molecular weight is 458 g/mol. The van der Waals surface area contributed by atoms with E-state index in [1.165, 1.54) is 44.6 Å². The maximum absolute atomic E-state index is 13.4. The number of carbonyl (C=O) groups excluding carboxylic acids is 1. The average Bonchev–Trinajstić information content (AvgIpc) is 3.13. The van der Waals surface area contributed by atoms with Crippen LogP contribution in [0.25, 0.3) is 0 Å². The number of amides is 1. The number of hydrogen-bond acceptors (Lipinski definition) is 5. The van der Waals surface area contributed by atoms with Crippen molar-refractivity contribution in [1.82, 2.24) is 15.3 Å². The second-order valence-corrected chi connectivity index (χ2v) is 8.71. The molecule has 1 amide bonds. The molecule has 2 unspecified atom stereocenters. The first-order valence-electron chi connectivity index (χ1n) is 10.9. The second kappa shape index (κ2) is 8.98. The lowest BCUT2D eigenvalue weighted by Crippen LogP contribution is -2.46. The number of hydrogen-bond donors (Lipinski definition) is 1. The highest BCUT2D eigenvalue weighted by atomic mass is 19.4. The Hall–Kier alpha value is -3.19. The third-order valence-corrected chi connectivity index (χ3v) is 6.29. The summed E-state index contributed by atoms with van der Waals surface area (Å²) < 4.78 is 40.3. The number of fused-ring (bicyclic) bond motifs is 1. The number of rotatable bonds is 4. The standard InChI is InChI=1S/C23H25F3N6O/c1-31(2)20(23(24,25)26)14-7-9-16(10-8-14)29-21-19-18(11-12-28-22(19)33)32(30-21)17-6-4-3-5-15(17)13-27/h7-12,15,17,19-20H,3-6H2,1-2H3,(H,29,30)/t15-,17+,19?,20?/m1/s1. The zero-order chi connectivity index (χ0) is 23.8. The number of hydrazine groups is 1. The number of nitriles is 1. The quantitative estimate of drug-likeness (QED) is 0.740. The SMILES string of the molecule is CN(C)C(c1ccc(N=C2NN([C@H]3CCCC[C@@H]3C#N)C3=CC=NC(=O)C32)cc1)C(F)(F)F. The highest BCUT2D eigenvalue weighted by Gasteiger charge is 2.45. The maximum atomic E-state index is 13.4. The van der Waals surface area contributed by atoms with E-state index in [4.69, 9.17) is 0 Å². The van der Waals surface area contributed by atoms with Gasteiger partial charge in [-0.2, -0.15) is 18.4 Å². The Morgan fingerprint density at radius 3 is 2.58 bits per heavy atom. The Kier molecular flexibility index (Phi) is 6.26. The topological polar surface area (TPSA) is 84.1 Å². The first kappa shape index (κ1) is 23.0. The van der Waals surface area contributed by atoms with Gasteiger partial charge in [0.2, 0.25) is 0 Å². The van der Waals surface area contributed by atoms with Gasteiger partial charge in [0, 0.05) is 6.21 Å². The van der Waals surface area contributed by atoms with Crippen molar-refractivity contribution in [2.45, 2.75) is 43.9 Å². The molecule has 4 atom stereocenters. The van der Waals surface area contributed by atoms with Crippen molar-refractivity contribution < 1.29 is 18.0 Å². The number of benzene rings is 1. The van der Waals surface area contributed by atoms with E-state index in [1.807, 2.05) is 5.01 Å². The van der Waals surface area contributed by atoms with Gasteiger partial charge in [-0.1, -0.05) is 25.0 Å². The maximum Gasteiger partial charge on any atom is 0.408 e. The van der Waals surface area contributed by atoms with E-state index in [0.717, 1.165) is 30.6 Å². The Labute approximate surface area is 190 Å². The molecule has 7 nitrogen and oxygen atoms in total. The van der Waals surface area contributed by atoms with Crippen LogP contribution in [0.2, 0.25) is 0 Å². The summed E-state index contributed by atoms with van der Waals surface area (Å²) in [5, 5.41) is 11.5. The summed E-state index contributed by atoms with van der Waals surface area (Å²) in [6.45, 7) is 0. The van der Waals surface area contributed by atoms with Gasteiger partial charge in [-0.3, -0.25) is 20.1 Å². The summed E-state index contributed by atoms with van der Waals surface area (Å²) in [6, 6.07) is 6.36. The van der Waals surface area contributed by atoms with Crippen LogP contribution in [0.4, 0.5) is 18.9 Å². The zero-order valence-electron chi connectivity index (χ0n) is 18.4. The molecule has 1 aromatic rings. The minimum atomic E-state index is -4.41. The summed E-state index contributed by atoms with van der Waals surface area (Å²) in [5.74, 6) is -0.906. The first-order chi connectivity index (χ1) is 15.7. The van der Waals surface area contributed by atoms with Gasteiger partial charge in [-0.05, 0) is 50.7 Å².